The number of thiocarbonyl (C=S) groups is 1. The number of ether oxygens (including phenoxy) is 1. The standard InChI is InChI=1S/C22H19ClF3N3OS/c1-30-18-8-5-15(6-9-18)13-29(14-17-4-2-3-11-27-17)21(31)28-20-12-16(22(24,25)26)7-10-19(20)23/h2-12H,13-14H2,1H3,(H,28,31). The predicted octanol–water partition coefficient (Wildman–Crippen LogP) is 6.16. The molecule has 4 nitrogen and oxygen atoms in total. The Morgan fingerprint density at radius 1 is 1.10 bits per heavy atom. The lowest BCUT2D eigenvalue weighted by Crippen LogP contribution is -2.34. The first-order valence-corrected chi connectivity index (χ1v) is 10.0. The van der Waals surface area contributed by atoms with E-state index in [0.29, 0.717) is 13.1 Å². The minimum Gasteiger partial charge on any atom is -0.497 e. The fourth-order valence-electron chi connectivity index (χ4n) is 2.83. The van der Waals surface area contributed by atoms with Gasteiger partial charge in [0.2, 0.25) is 0 Å². The lowest BCUT2D eigenvalue weighted by Gasteiger charge is -2.26. The van der Waals surface area contributed by atoms with Crippen LogP contribution < -0.4 is 10.1 Å². The molecule has 0 fully saturated rings. The molecule has 0 spiro atoms. The molecule has 0 aliphatic rings. The number of nitrogens with one attached hydrogen (secondary N) is 1. The van der Waals surface area contributed by atoms with Crippen LogP contribution in [0.4, 0.5) is 18.9 Å². The zero-order valence-electron chi connectivity index (χ0n) is 16.5. The number of anilines is 1. The van der Waals surface area contributed by atoms with Crippen molar-refractivity contribution in [1.29, 1.82) is 0 Å². The predicted molar refractivity (Wildman–Crippen MR) is 119 cm³/mol. The third-order valence-corrected chi connectivity index (χ3v) is 5.12. The van der Waals surface area contributed by atoms with Gasteiger partial charge in [-0.3, -0.25) is 4.98 Å². The molecule has 0 saturated carbocycles. The van der Waals surface area contributed by atoms with E-state index in [-0.39, 0.29) is 15.8 Å². The molecule has 3 rings (SSSR count). The zero-order valence-corrected chi connectivity index (χ0v) is 18.1. The van der Waals surface area contributed by atoms with Gasteiger partial charge in [-0.05, 0) is 60.2 Å². The number of hydrogen-bond donors (Lipinski definition) is 1. The van der Waals surface area contributed by atoms with Gasteiger partial charge in [0.05, 0.1) is 35.6 Å². The number of benzene rings is 2. The Morgan fingerprint density at radius 3 is 2.45 bits per heavy atom. The number of nitrogens with zero attached hydrogens (tertiary/aromatic N) is 2. The number of rotatable bonds is 6. The number of hydrogen-bond acceptors (Lipinski definition) is 3. The molecule has 0 aliphatic heterocycles. The first kappa shape index (κ1) is 22.8. The maximum absolute atomic E-state index is 13.1. The third-order valence-electron chi connectivity index (χ3n) is 4.43. The van der Waals surface area contributed by atoms with Crippen molar-refractivity contribution in [3.05, 3.63) is 88.7 Å². The van der Waals surface area contributed by atoms with Crippen LogP contribution >= 0.6 is 23.8 Å². The summed E-state index contributed by atoms with van der Waals surface area (Å²) >= 11 is 11.6. The minimum atomic E-state index is -4.49. The molecule has 0 unspecified atom stereocenters. The Bertz CT molecular complexity index is 1030. The van der Waals surface area contributed by atoms with E-state index in [1.165, 1.54) is 6.07 Å². The number of halogens is 4. The largest absolute Gasteiger partial charge is 0.497 e. The van der Waals surface area contributed by atoms with Gasteiger partial charge in [0.15, 0.2) is 5.11 Å². The number of methoxy groups -OCH3 is 1. The molecule has 162 valence electrons. The summed E-state index contributed by atoms with van der Waals surface area (Å²) in [4.78, 5) is 6.12. The highest BCUT2D eigenvalue weighted by Gasteiger charge is 2.31. The van der Waals surface area contributed by atoms with Crippen LogP contribution in [0, 0.1) is 0 Å². The van der Waals surface area contributed by atoms with Crippen LogP contribution in [-0.2, 0) is 19.3 Å². The summed E-state index contributed by atoms with van der Waals surface area (Å²) in [7, 11) is 1.58. The molecule has 0 saturated heterocycles. The molecule has 0 atom stereocenters. The normalized spacial score (nSPS) is 11.1. The van der Waals surface area contributed by atoms with Gasteiger partial charge in [-0.25, -0.2) is 0 Å². The second-order valence-electron chi connectivity index (χ2n) is 6.65. The third kappa shape index (κ3) is 6.32. The quantitative estimate of drug-likeness (QED) is 0.441. The number of pyridine rings is 1. The van der Waals surface area contributed by atoms with Gasteiger partial charge in [-0.2, -0.15) is 13.2 Å². The second-order valence-corrected chi connectivity index (χ2v) is 7.44. The van der Waals surface area contributed by atoms with Crippen LogP contribution in [0.3, 0.4) is 0 Å². The zero-order chi connectivity index (χ0) is 22.4. The summed E-state index contributed by atoms with van der Waals surface area (Å²) in [5.74, 6) is 0.719. The molecular formula is C22H19ClF3N3OS. The van der Waals surface area contributed by atoms with Crippen LogP contribution in [0.25, 0.3) is 0 Å². The van der Waals surface area contributed by atoms with Gasteiger partial charge >= 0.3 is 6.18 Å². The minimum absolute atomic E-state index is 0.0854. The molecule has 1 aromatic heterocycles. The molecule has 0 aliphatic carbocycles. The molecular weight excluding hydrogens is 447 g/mol. The fourth-order valence-corrected chi connectivity index (χ4v) is 3.23. The molecule has 1 N–H and O–H groups in total. The average Bonchev–Trinajstić information content (AvgIpc) is 2.75. The van der Waals surface area contributed by atoms with E-state index < -0.39 is 11.7 Å². The van der Waals surface area contributed by atoms with E-state index in [9.17, 15) is 13.2 Å². The SMILES string of the molecule is COc1ccc(CN(Cc2ccccn2)C(=S)Nc2cc(C(F)(F)F)ccc2Cl)cc1. The van der Waals surface area contributed by atoms with Crippen molar-refractivity contribution in [1.82, 2.24) is 9.88 Å². The van der Waals surface area contributed by atoms with Crippen molar-refractivity contribution in [2.75, 3.05) is 12.4 Å². The lowest BCUT2D eigenvalue weighted by molar-refractivity contribution is -0.137. The molecule has 2 aromatic carbocycles. The van der Waals surface area contributed by atoms with E-state index >= 15 is 0 Å². The van der Waals surface area contributed by atoms with Gasteiger partial charge in [0, 0.05) is 12.7 Å². The van der Waals surface area contributed by atoms with Gasteiger partial charge in [-0.1, -0.05) is 29.8 Å². The molecule has 9 heteroatoms. The van der Waals surface area contributed by atoms with Crippen molar-refractivity contribution in [2.24, 2.45) is 0 Å². The highest BCUT2D eigenvalue weighted by atomic mass is 35.5. The highest BCUT2D eigenvalue weighted by molar-refractivity contribution is 7.80. The smallest absolute Gasteiger partial charge is 0.416 e. The van der Waals surface area contributed by atoms with Crippen LogP contribution in [0.15, 0.2) is 66.9 Å². The van der Waals surface area contributed by atoms with Crippen molar-refractivity contribution in [3.8, 4) is 5.75 Å². The van der Waals surface area contributed by atoms with E-state index in [1.807, 2.05) is 36.4 Å². The van der Waals surface area contributed by atoms with Gasteiger partial charge < -0.3 is 15.0 Å². The van der Waals surface area contributed by atoms with Crippen molar-refractivity contribution in [3.63, 3.8) is 0 Å². The summed E-state index contributed by atoms with van der Waals surface area (Å²) in [6.07, 6.45) is -2.82. The topological polar surface area (TPSA) is 37.4 Å². The van der Waals surface area contributed by atoms with E-state index in [2.05, 4.69) is 10.3 Å². The Hall–Kier alpha value is -2.84. The monoisotopic (exact) mass is 465 g/mol. The number of aromatic nitrogens is 1. The Morgan fingerprint density at radius 2 is 1.84 bits per heavy atom. The van der Waals surface area contributed by atoms with Crippen molar-refractivity contribution >= 4 is 34.6 Å². The second kappa shape index (κ2) is 9.98. The Balaban J connectivity index is 1.84. The van der Waals surface area contributed by atoms with Crippen LogP contribution in [0.5, 0.6) is 5.75 Å². The maximum Gasteiger partial charge on any atom is 0.416 e. The Labute approximate surface area is 188 Å². The van der Waals surface area contributed by atoms with E-state index in [4.69, 9.17) is 28.6 Å². The maximum atomic E-state index is 13.1. The number of alkyl halides is 3. The fraction of sp³-hybridized carbons (Fsp3) is 0.182. The molecule has 0 amide bonds. The summed E-state index contributed by atoms with van der Waals surface area (Å²) in [5.41, 5.74) is 0.974. The highest BCUT2D eigenvalue weighted by Crippen LogP contribution is 2.34. The van der Waals surface area contributed by atoms with Crippen LogP contribution in [-0.4, -0.2) is 22.1 Å². The van der Waals surface area contributed by atoms with E-state index in [0.717, 1.165) is 29.1 Å². The summed E-state index contributed by atoms with van der Waals surface area (Å²) < 4.78 is 44.5. The Kier molecular flexibility index (Phi) is 7.35. The van der Waals surface area contributed by atoms with Crippen molar-refractivity contribution in [2.45, 2.75) is 19.3 Å². The summed E-state index contributed by atoms with van der Waals surface area (Å²) in [5, 5.41) is 3.22. The van der Waals surface area contributed by atoms with Crippen molar-refractivity contribution < 1.29 is 17.9 Å². The lowest BCUT2D eigenvalue weighted by atomic mass is 10.2. The first-order valence-electron chi connectivity index (χ1n) is 9.22. The van der Waals surface area contributed by atoms with E-state index in [1.54, 1.807) is 24.3 Å². The molecule has 3 aromatic rings. The van der Waals surface area contributed by atoms with Gasteiger partial charge in [-0.15, -0.1) is 0 Å². The summed E-state index contributed by atoms with van der Waals surface area (Å²) in [6.45, 7) is 0.762. The molecule has 0 bridgehead atoms. The summed E-state index contributed by atoms with van der Waals surface area (Å²) in [6, 6.07) is 16.0. The average molecular weight is 466 g/mol. The van der Waals surface area contributed by atoms with Gasteiger partial charge in [0.25, 0.3) is 0 Å². The molecule has 31 heavy (non-hydrogen) atoms. The van der Waals surface area contributed by atoms with Crippen LogP contribution in [0.1, 0.15) is 16.8 Å². The van der Waals surface area contributed by atoms with Crippen LogP contribution in [0.2, 0.25) is 5.02 Å². The van der Waals surface area contributed by atoms with Gasteiger partial charge in [0.1, 0.15) is 5.75 Å². The molecule has 0 radical (unpaired) electrons. The first-order chi connectivity index (χ1) is 14.8. The molecule has 1 heterocycles.